The number of rotatable bonds is 5. The highest BCUT2D eigenvalue weighted by molar-refractivity contribution is 6.33. The number of halogens is 1. The summed E-state index contributed by atoms with van der Waals surface area (Å²) in [6.07, 6.45) is 0. The Morgan fingerprint density at radius 2 is 1.41 bits per heavy atom. The Hall–Kier alpha value is -3.11. The lowest BCUT2D eigenvalue weighted by molar-refractivity contribution is 0.0949. The number of para-hydroxylation sites is 1. The molecule has 5 heteroatoms. The standard InChI is InChI=1S/C22H19ClN2O2/c1-15-6-2-3-7-18(15)14-24-21(26)16-10-12-17(13-11-16)22(27)25-20-9-5-4-8-19(20)23/h2-13H,14H2,1H3,(H,24,26)(H,25,27). The zero-order chi connectivity index (χ0) is 19.2. The van der Waals surface area contributed by atoms with Gasteiger partial charge in [0.2, 0.25) is 0 Å². The van der Waals surface area contributed by atoms with Gasteiger partial charge >= 0.3 is 0 Å². The molecule has 0 bridgehead atoms. The Labute approximate surface area is 163 Å². The van der Waals surface area contributed by atoms with E-state index in [0.29, 0.717) is 28.4 Å². The fourth-order valence-electron chi connectivity index (χ4n) is 2.62. The first-order valence-electron chi connectivity index (χ1n) is 8.53. The van der Waals surface area contributed by atoms with Crippen LogP contribution in [0.5, 0.6) is 0 Å². The Bertz CT molecular complexity index is 968. The van der Waals surface area contributed by atoms with Crippen LogP contribution in [0.15, 0.2) is 72.8 Å². The van der Waals surface area contributed by atoms with Crippen LogP contribution >= 0.6 is 11.6 Å². The number of benzene rings is 3. The monoisotopic (exact) mass is 378 g/mol. The molecule has 3 aromatic carbocycles. The third kappa shape index (κ3) is 4.74. The maximum absolute atomic E-state index is 12.3. The fourth-order valence-corrected chi connectivity index (χ4v) is 2.80. The van der Waals surface area contributed by atoms with Gasteiger partial charge in [0, 0.05) is 17.7 Å². The minimum Gasteiger partial charge on any atom is -0.348 e. The first-order chi connectivity index (χ1) is 13.0. The lowest BCUT2D eigenvalue weighted by Gasteiger charge is -2.09. The maximum Gasteiger partial charge on any atom is 0.255 e. The van der Waals surface area contributed by atoms with Crippen LogP contribution in [0.1, 0.15) is 31.8 Å². The second kappa shape index (κ2) is 8.52. The molecule has 0 aliphatic heterocycles. The SMILES string of the molecule is Cc1ccccc1CNC(=O)c1ccc(C(=O)Nc2ccccc2Cl)cc1. The zero-order valence-corrected chi connectivity index (χ0v) is 15.6. The van der Waals surface area contributed by atoms with E-state index in [0.717, 1.165) is 11.1 Å². The number of amides is 2. The number of carbonyl (C=O) groups is 2. The molecule has 2 N–H and O–H groups in total. The molecule has 2 amide bonds. The van der Waals surface area contributed by atoms with Crippen molar-refractivity contribution >= 4 is 29.1 Å². The summed E-state index contributed by atoms with van der Waals surface area (Å²) < 4.78 is 0. The van der Waals surface area contributed by atoms with Crippen molar-refractivity contribution in [3.63, 3.8) is 0 Å². The molecular formula is C22H19ClN2O2. The van der Waals surface area contributed by atoms with E-state index < -0.39 is 0 Å². The first-order valence-corrected chi connectivity index (χ1v) is 8.91. The number of carbonyl (C=O) groups excluding carboxylic acids is 2. The molecule has 3 rings (SSSR count). The van der Waals surface area contributed by atoms with Gasteiger partial charge in [-0.3, -0.25) is 9.59 Å². The van der Waals surface area contributed by atoms with E-state index in [1.54, 1.807) is 48.5 Å². The van der Waals surface area contributed by atoms with E-state index in [2.05, 4.69) is 10.6 Å². The summed E-state index contributed by atoms with van der Waals surface area (Å²) >= 11 is 6.05. The van der Waals surface area contributed by atoms with Crippen molar-refractivity contribution in [3.8, 4) is 0 Å². The van der Waals surface area contributed by atoms with E-state index in [1.807, 2.05) is 31.2 Å². The van der Waals surface area contributed by atoms with Crippen molar-refractivity contribution in [3.05, 3.63) is 100 Å². The van der Waals surface area contributed by atoms with Gasteiger partial charge in [0.25, 0.3) is 11.8 Å². The molecule has 3 aromatic rings. The van der Waals surface area contributed by atoms with E-state index in [-0.39, 0.29) is 11.8 Å². The molecule has 0 radical (unpaired) electrons. The van der Waals surface area contributed by atoms with Crippen LogP contribution in [-0.4, -0.2) is 11.8 Å². The van der Waals surface area contributed by atoms with Crippen LogP contribution < -0.4 is 10.6 Å². The fraction of sp³-hybridized carbons (Fsp3) is 0.0909. The molecule has 4 nitrogen and oxygen atoms in total. The van der Waals surface area contributed by atoms with Gasteiger partial charge in [-0.25, -0.2) is 0 Å². The van der Waals surface area contributed by atoms with Gasteiger partial charge < -0.3 is 10.6 Å². The summed E-state index contributed by atoms with van der Waals surface area (Å²) in [6, 6.07) is 21.4. The Morgan fingerprint density at radius 3 is 2.07 bits per heavy atom. The van der Waals surface area contributed by atoms with Crippen molar-refractivity contribution in [2.75, 3.05) is 5.32 Å². The highest BCUT2D eigenvalue weighted by Gasteiger charge is 2.10. The van der Waals surface area contributed by atoms with E-state index in [9.17, 15) is 9.59 Å². The Kier molecular flexibility index (Phi) is 5.89. The normalized spacial score (nSPS) is 10.3. The highest BCUT2D eigenvalue weighted by atomic mass is 35.5. The molecule has 0 aromatic heterocycles. The number of hydrogen-bond acceptors (Lipinski definition) is 2. The summed E-state index contributed by atoms with van der Waals surface area (Å²) in [5, 5.41) is 6.12. The van der Waals surface area contributed by atoms with Gasteiger partial charge in [0.1, 0.15) is 0 Å². The number of hydrogen-bond donors (Lipinski definition) is 2. The summed E-state index contributed by atoms with van der Waals surface area (Å²) in [7, 11) is 0. The summed E-state index contributed by atoms with van der Waals surface area (Å²) in [5.74, 6) is -0.466. The van der Waals surface area contributed by atoms with Crippen LogP contribution in [-0.2, 0) is 6.54 Å². The molecule has 0 saturated carbocycles. The first kappa shape index (κ1) is 18.7. The number of nitrogens with one attached hydrogen (secondary N) is 2. The molecule has 0 aliphatic carbocycles. The second-order valence-electron chi connectivity index (χ2n) is 6.12. The maximum atomic E-state index is 12.3. The number of aryl methyl sites for hydroxylation is 1. The third-order valence-corrected chi connectivity index (χ3v) is 4.56. The largest absolute Gasteiger partial charge is 0.348 e. The molecule has 0 saturated heterocycles. The molecule has 27 heavy (non-hydrogen) atoms. The molecular weight excluding hydrogens is 360 g/mol. The topological polar surface area (TPSA) is 58.2 Å². The molecule has 0 fully saturated rings. The average molecular weight is 379 g/mol. The van der Waals surface area contributed by atoms with Crippen LogP contribution in [0.2, 0.25) is 5.02 Å². The molecule has 0 heterocycles. The van der Waals surface area contributed by atoms with Gasteiger partial charge in [-0.2, -0.15) is 0 Å². The van der Waals surface area contributed by atoms with Crippen LogP contribution in [0.25, 0.3) is 0 Å². The zero-order valence-electron chi connectivity index (χ0n) is 14.8. The van der Waals surface area contributed by atoms with Crippen molar-refractivity contribution < 1.29 is 9.59 Å². The molecule has 0 aliphatic rings. The van der Waals surface area contributed by atoms with E-state index >= 15 is 0 Å². The Balaban J connectivity index is 1.62. The van der Waals surface area contributed by atoms with Gasteiger partial charge in [-0.1, -0.05) is 48.0 Å². The lowest BCUT2D eigenvalue weighted by Crippen LogP contribution is -2.23. The molecule has 0 unspecified atom stereocenters. The van der Waals surface area contributed by atoms with Crippen LogP contribution in [0.4, 0.5) is 5.69 Å². The van der Waals surface area contributed by atoms with Crippen molar-refractivity contribution in [2.24, 2.45) is 0 Å². The average Bonchev–Trinajstić information content (AvgIpc) is 2.69. The van der Waals surface area contributed by atoms with Crippen LogP contribution in [0.3, 0.4) is 0 Å². The van der Waals surface area contributed by atoms with Gasteiger partial charge in [-0.15, -0.1) is 0 Å². The van der Waals surface area contributed by atoms with Gasteiger partial charge in [-0.05, 0) is 54.4 Å². The Morgan fingerprint density at radius 1 is 0.815 bits per heavy atom. The minimum atomic E-state index is -0.282. The molecule has 0 atom stereocenters. The summed E-state index contributed by atoms with van der Waals surface area (Å²) in [5.41, 5.74) is 3.69. The second-order valence-corrected chi connectivity index (χ2v) is 6.53. The lowest BCUT2D eigenvalue weighted by atomic mass is 10.1. The quantitative estimate of drug-likeness (QED) is 0.668. The number of anilines is 1. The van der Waals surface area contributed by atoms with Crippen LogP contribution in [0, 0.1) is 6.92 Å². The van der Waals surface area contributed by atoms with Gasteiger partial charge in [0.15, 0.2) is 0 Å². The predicted octanol–water partition coefficient (Wildman–Crippen LogP) is 4.83. The third-order valence-electron chi connectivity index (χ3n) is 4.23. The predicted molar refractivity (Wildman–Crippen MR) is 108 cm³/mol. The van der Waals surface area contributed by atoms with E-state index in [1.165, 1.54) is 0 Å². The molecule has 136 valence electrons. The highest BCUT2D eigenvalue weighted by Crippen LogP contribution is 2.21. The minimum absolute atomic E-state index is 0.184. The van der Waals surface area contributed by atoms with Crippen molar-refractivity contribution in [1.29, 1.82) is 0 Å². The summed E-state index contributed by atoms with van der Waals surface area (Å²) in [4.78, 5) is 24.6. The van der Waals surface area contributed by atoms with E-state index in [4.69, 9.17) is 11.6 Å². The smallest absolute Gasteiger partial charge is 0.255 e. The molecule has 0 spiro atoms. The summed E-state index contributed by atoms with van der Waals surface area (Å²) in [6.45, 7) is 2.47. The van der Waals surface area contributed by atoms with Crippen molar-refractivity contribution in [1.82, 2.24) is 5.32 Å². The van der Waals surface area contributed by atoms with Gasteiger partial charge in [0.05, 0.1) is 10.7 Å². The van der Waals surface area contributed by atoms with Crippen molar-refractivity contribution in [2.45, 2.75) is 13.5 Å².